The topological polar surface area (TPSA) is 102 Å². The highest BCUT2D eigenvalue weighted by Gasteiger charge is 2.25. The Morgan fingerprint density at radius 2 is 1.88 bits per heavy atom. The maximum atomic E-state index is 12.7. The number of benzene rings is 1. The number of nitrogens with one attached hydrogen (secondary N) is 1. The highest BCUT2D eigenvalue weighted by molar-refractivity contribution is 9.10. The zero-order chi connectivity index (χ0) is 17.6. The molecule has 1 aliphatic rings. The van der Waals surface area contributed by atoms with Gasteiger partial charge in [-0.25, -0.2) is 9.50 Å². The van der Waals surface area contributed by atoms with Crippen molar-refractivity contribution in [3.63, 3.8) is 0 Å². The molecule has 3 N–H and O–H groups in total. The van der Waals surface area contributed by atoms with Gasteiger partial charge in [0.1, 0.15) is 15.9 Å². The van der Waals surface area contributed by atoms with Crippen molar-refractivity contribution in [3.8, 4) is 0 Å². The van der Waals surface area contributed by atoms with Gasteiger partial charge in [-0.05, 0) is 46.0 Å². The van der Waals surface area contributed by atoms with Gasteiger partial charge in [0.05, 0.1) is 0 Å². The van der Waals surface area contributed by atoms with Crippen LogP contribution in [-0.4, -0.2) is 32.5 Å². The van der Waals surface area contributed by atoms with Crippen molar-refractivity contribution in [2.75, 3.05) is 0 Å². The third kappa shape index (κ3) is 2.68. The number of carbonyl (C=O) groups excluding carboxylic acids is 2. The number of aromatic nitrogens is 3. The van der Waals surface area contributed by atoms with Crippen molar-refractivity contribution >= 4 is 33.4 Å². The number of nitrogens with two attached hydrogens (primary N) is 1. The molecule has 1 aromatic carbocycles. The van der Waals surface area contributed by atoms with E-state index in [2.05, 4.69) is 43.5 Å². The monoisotopic (exact) mass is 399 g/mol. The van der Waals surface area contributed by atoms with E-state index in [9.17, 15) is 9.59 Å². The molecule has 0 spiro atoms. The van der Waals surface area contributed by atoms with Crippen molar-refractivity contribution in [3.05, 3.63) is 63.5 Å². The fraction of sp³-hybridized carbons (Fsp3) is 0.176. The maximum absolute atomic E-state index is 12.7. The summed E-state index contributed by atoms with van der Waals surface area (Å²) in [7, 11) is 0. The Labute approximate surface area is 151 Å². The molecule has 0 saturated heterocycles. The number of hydrogen-bond donors (Lipinski definition) is 2. The molecule has 8 heteroatoms. The van der Waals surface area contributed by atoms with E-state index in [0.717, 1.165) is 12.8 Å². The number of halogens is 1. The molecule has 4 rings (SSSR count). The minimum atomic E-state index is -0.654. The van der Waals surface area contributed by atoms with Crippen LogP contribution in [0.5, 0.6) is 0 Å². The van der Waals surface area contributed by atoms with Crippen LogP contribution >= 0.6 is 15.9 Å². The van der Waals surface area contributed by atoms with E-state index < -0.39 is 5.91 Å². The van der Waals surface area contributed by atoms with Gasteiger partial charge in [-0.2, -0.15) is 5.10 Å². The number of rotatable bonds is 3. The molecule has 126 valence electrons. The first-order valence-corrected chi connectivity index (χ1v) is 8.54. The van der Waals surface area contributed by atoms with Gasteiger partial charge in [0, 0.05) is 12.2 Å². The molecule has 0 radical (unpaired) electrons. The summed E-state index contributed by atoms with van der Waals surface area (Å²) < 4.78 is 1.60. The summed E-state index contributed by atoms with van der Waals surface area (Å²) in [5, 5.41) is 7.21. The van der Waals surface area contributed by atoms with E-state index >= 15 is 0 Å². The summed E-state index contributed by atoms with van der Waals surface area (Å²) in [6, 6.07) is 9.76. The van der Waals surface area contributed by atoms with Crippen LogP contribution < -0.4 is 11.1 Å². The normalized spacial score (nSPS) is 13.8. The van der Waals surface area contributed by atoms with Crippen LogP contribution in [0.4, 0.5) is 0 Å². The third-order valence-electron chi connectivity index (χ3n) is 4.34. The Bertz CT molecular complexity index is 988. The molecule has 0 unspecified atom stereocenters. The van der Waals surface area contributed by atoms with E-state index in [1.807, 2.05) is 12.1 Å². The van der Waals surface area contributed by atoms with Crippen LogP contribution in [0, 0.1) is 0 Å². The Hall–Kier alpha value is -2.74. The van der Waals surface area contributed by atoms with Crippen molar-refractivity contribution < 1.29 is 9.59 Å². The minimum absolute atomic E-state index is 0.0303. The van der Waals surface area contributed by atoms with Crippen LogP contribution in [0.3, 0.4) is 0 Å². The van der Waals surface area contributed by atoms with E-state index in [4.69, 9.17) is 5.73 Å². The van der Waals surface area contributed by atoms with Crippen LogP contribution in [0.1, 0.15) is 32.0 Å². The summed E-state index contributed by atoms with van der Waals surface area (Å²) >= 11 is 3.20. The van der Waals surface area contributed by atoms with Crippen LogP contribution in [0.25, 0.3) is 5.65 Å². The van der Waals surface area contributed by atoms with Crippen molar-refractivity contribution in [2.45, 2.75) is 18.9 Å². The molecule has 2 aromatic heterocycles. The lowest BCUT2D eigenvalue weighted by molar-refractivity contribution is 0.0929. The summed E-state index contributed by atoms with van der Waals surface area (Å²) in [5.41, 5.74) is 8.59. The molecule has 3 aromatic rings. The number of fused-ring (bicyclic) bond motifs is 2. The van der Waals surface area contributed by atoms with Crippen molar-refractivity contribution in [1.29, 1.82) is 0 Å². The van der Waals surface area contributed by atoms with Crippen LogP contribution in [-0.2, 0) is 12.8 Å². The van der Waals surface area contributed by atoms with Crippen molar-refractivity contribution in [2.24, 2.45) is 5.73 Å². The number of nitrogens with zero attached hydrogens (tertiary/aromatic N) is 3. The predicted molar refractivity (Wildman–Crippen MR) is 94.3 cm³/mol. The Kier molecular flexibility index (Phi) is 3.76. The summed E-state index contributed by atoms with van der Waals surface area (Å²) in [6.45, 7) is 0. The maximum Gasteiger partial charge on any atom is 0.270 e. The molecule has 0 aliphatic heterocycles. The lowest BCUT2D eigenvalue weighted by Crippen LogP contribution is -2.36. The quantitative estimate of drug-likeness (QED) is 0.696. The van der Waals surface area contributed by atoms with E-state index in [-0.39, 0.29) is 27.8 Å². The highest BCUT2D eigenvalue weighted by atomic mass is 79.9. The second kappa shape index (κ2) is 5.96. The smallest absolute Gasteiger partial charge is 0.270 e. The first kappa shape index (κ1) is 15.8. The highest BCUT2D eigenvalue weighted by Crippen LogP contribution is 2.23. The van der Waals surface area contributed by atoms with Crippen molar-refractivity contribution in [1.82, 2.24) is 19.9 Å². The summed E-state index contributed by atoms with van der Waals surface area (Å²) in [6.07, 6.45) is 3.06. The van der Waals surface area contributed by atoms with E-state index in [0.29, 0.717) is 5.69 Å². The Morgan fingerprint density at radius 1 is 1.20 bits per heavy atom. The largest absolute Gasteiger partial charge is 0.365 e. The first-order valence-electron chi connectivity index (χ1n) is 7.75. The van der Waals surface area contributed by atoms with E-state index in [1.165, 1.54) is 21.8 Å². The Balaban J connectivity index is 1.63. The summed E-state index contributed by atoms with van der Waals surface area (Å²) in [4.78, 5) is 28.4. The van der Waals surface area contributed by atoms with Gasteiger partial charge in [-0.3, -0.25) is 9.59 Å². The Morgan fingerprint density at radius 3 is 2.52 bits per heavy atom. The molecule has 1 aliphatic carbocycles. The molecule has 2 amide bonds. The number of hydrogen-bond acceptors (Lipinski definition) is 4. The SMILES string of the molecule is NC(=O)c1c(Br)nn2c(C(=O)NC3Cc4ccccc4C3)ccnc12. The number of carbonyl (C=O) groups is 2. The van der Waals surface area contributed by atoms with Gasteiger partial charge in [0.25, 0.3) is 11.8 Å². The number of amides is 2. The molecular weight excluding hydrogens is 386 g/mol. The molecule has 0 fully saturated rings. The van der Waals surface area contributed by atoms with Gasteiger partial charge in [0.2, 0.25) is 0 Å². The molecule has 7 nitrogen and oxygen atoms in total. The third-order valence-corrected chi connectivity index (χ3v) is 4.90. The molecule has 0 bridgehead atoms. The van der Waals surface area contributed by atoms with Gasteiger partial charge < -0.3 is 11.1 Å². The molecule has 0 atom stereocenters. The fourth-order valence-corrected chi connectivity index (χ4v) is 3.75. The zero-order valence-electron chi connectivity index (χ0n) is 13.1. The fourth-order valence-electron chi connectivity index (χ4n) is 3.22. The molecular formula is C17H14BrN5O2. The van der Waals surface area contributed by atoms with Gasteiger partial charge in [-0.1, -0.05) is 24.3 Å². The van der Waals surface area contributed by atoms with Gasteiger partial charge in [-0.15, -0.1) is 0 Å². The van der Waals surface area contributed by atoms with Crippen LogP contribution in [0.2, 0.25) is 0 Å². The zero-order valence-corrected chi connectivity index (χ0v) is 14.7. The first-order chi connectivity index (χ1) is 12.0. The second-order valence-corrected chi connectivity index (χ2v) is 6.69. The van der Waals surface area contributed by atoms with E-state index in [1.54, 1.807) is 6.07 Å². The minimum Gasteiger partial charge on any atom is -0.365 e. The lowest BCUT2D eigenvalue weighted by Gasteiger charge is -2.12. The predicted octanol–water partition coefficient (Wildman–Crippen LogP) is 1.49. The number of primary amides is 1. The van der Waals surface area contributed by atoms with Crippen LogP contribution in [0.15, 0.2) is 41.1 Å². The molecule has 2 heterocycles. The molecule has 0 saturated carbocycles. The average Bonchev–Trinajstić information content (AvgIpc) is 3.13. The van der Waals surface area contributed by atoms with Gasteiger partial charge >= 0.3 is 0 Å². The average molecular weight is 400 g/mol. The molecule has 25 heavy (non-hydrogen) atoms. The lowest BCUT2D eigenvalue weighted by atomic mass is 10.1. The second-order valence-electron chi connectivity index (χ2n) is 5.94. The van der Waals surface area contributed by atoms with Gasteiger partial charge in [0.15, 0.2) is 5.65 Å². The summed E-state index contributed by atoms with van der Waals surface area (Å²) in [5.74, 6) is -0.922. The standard InChI is InChI=1S/C17H14BrN5O2/c18-14-13(15(19)24)16-20-6-5-12(23(16)22-14)17(25)21-11-7-9-3-1-2-4-10(9)8-11/h1-6,11H,7-8H2,(H2,19,24)(H,21,25).